The molecule has 1 aliphatic heterocycles. The van der Waals surface area contributed by atoms with Gasteiger partial charge >= 0.3 is 0 Å². The topological polar surface area (TPSA) is 113 Å². The van der Waals surface area contributed by atoms with Gasteiger partial charge in [-0.3, -0.25) is 9.79 Å². The van der Waals surface area contributed by atoms with Crippen LogP contribution in [0.1, 0.15) is 16.7 Å². The number of phenols is 1. The van der Waals surface area contributed by atoms with Gasteiger partial charge in [0, 0.05) is 23.9 Å². The number of carbonyl (C=O) groups excluding carboxylic acids is 1. The Labute approximate surface area is 159 Å². The number of anilines is 3. The number of carbonyl (C=O) groups is 1. The second-order valence-corrected chi connectivity index (χ2v) is 6.35. The number of phenolic OH excluding ortho intramolecular Hbond substituents is 1. The molecular formula is C20H16FN5O2. The molecule has 0 amide bonds. The van der Waals surface area contributed by atoms with Crippen molar-refractivity contribution >= 4 is 28.9 Å². The summed E-state index contributed by atoms with van der Waals surface area (Å²) in [5, 5.41) is 12.4. The highest BCUT2D eigenvalue weighted by Crippen LogP contribution is 2.26. The third-order valence-electron chi connectivity index (χ3n) is 4.36. The number of nitrogens with one attached hydrogen (secondary N) is 1. The van der Waals surface area contributed by atoms with Crippen LogP contribution in [-0.4, -0.2) is 26.6 Å². The fraction of sp³-hybridized carbons (Fsp3) is 0.100. The minimum absolute atomic E-state index is 0.00439. The van der Waals surface area contributed by atoms with Gasteiger partial charge in [0.25, 0.3) is 0 Å². The fourth-order valence-corrected chi connectivity index (χ4v) is 3.02. The number of aromatic nitrogens is 2. The maximum absolute atomic E-state index is 13.5. The van der Waals surface area contributed by atoms with Crippen LogP contribution in [0, 0.1) is 5.82 Å². The van der Waals surface area contributed by atoms with Crippen LogP contribution in [0.2, 0.25) is 0 Å². The number of aliphatic imine (C=N–C) groups is 1. The highest BCUT2D eigenvalue weighted by molar-refractivity contribution is 6.47. The Balaban J connectivity index is 1.55. The van der Waals surface area contributed by atoms with E-state index >= 15 is 0 Å². The Morgan fingerprint density at radius 3 is 2.86 bits per heavy atom. The molecule has 2 heterocycles. The number of Topliss-reactive ketones (excluding diaryl/α,β-unsaturated/α-hetero) is 1. The minimum atomic E-state index is -0.755. The van der Waals surface area contributed by atoms with Crippen LogP contribution in [0.15, 0.2) is 53.7 Å². The summed E-state index contributed by atoms with van der Waals surface area (Å²) in [6.45, 7) is 0.418. The lowest BCUT2D eigenvalue weighted by Crippen LogP contribution is -2.16. The first-order valence-corrected chi connectivity index (χ1v) is 8.53. The van der Waals surface area contributed by atoms with Gasteiger partial charge in [0.2, 0.25) is 5.95 Å². The van der Waals surface area contributed by atoms with Gasteiger partial charge in [-0.1, -0.05) is 12.1 Å². The normalized spacial score (nSPS) is 12.4. The van der Waals surface area contributed by atoms with E-state index in [-0.39, 0.29) is 18.2 Å². The van der Waals surface area contributed by atoms with Crippen molar-refractivity contribution < 1.29 is 14.3 Å². The number of nitrogens with zero attached hydrogens (tertiary/aromatic N) is 3. The Hall–Kier alpha value is -3.81. The predicted molar refractivity (Wildman–Crippen MR) is 103 cm³/mol. The van der Waals surface area contributed by atoms with Gasteiger partial charge in [-0.2, -0.15) is 4.98 Å². The third-order valence-corrected chi connectivity index (χ3v) is 4.36. The van der Waals surface area contributed by atoms with Crippen molar-refractivity contribution in [1.82, 2.24) is 9.97 Å². The van der Waals surface area contributed by atoms with Crippen LogP contribution in [-0.2, 0) is 17.8 Å². The number of halogens is 1. The van der Waals surface area contributed by atoms with E-state index in [1.54, 1.807) is 12.3 Å². The highest BCUT2D eigenvalue weighted by atomic mass is 19.1. The first-order valence-electron chi connectivity index (χ1n) is 8.53. The summed E-state index contributed by atoms with van der Waals surface area (Å²) in [7, 11) is 0. The van der Waals surface area contributed by atoms with Crippen LogP contribution in [0.5, 0.6) is 5.75 Å². The average Bonchev–Trinajstić information content (AvgIpc) is 3.08. The minimum Gasteiger partial charge on any atom is -0.505 e. The molecule has 0 unspecified atom stereocenters. The van der Waals surface area contributed by atoms with Crippen LogP contribution in [0.3, 0.4) is 0 Å². The number of hydrogen-bond donors (Lipinski definition) is 3. The number of aromatic hydroxyl groups is 1. The molecule has 0 radical (unpaired) electrons. The molecule has 7 nitrogen and oxygen atoms in total. The van der Waals surface area contributed by atoms with Gasteiger partial charge in [-0.05, 0) is 41.5 Å². The van der Waals surface area contributed by atoms with Crippen molar-refractivity contribution in [2.24, 2.45) is 4.99 Å². The number of nitrogen functional groups attached to an aromatic ring is 1. The molecule has 1 aliphatic rings. The summed E-state index contributed by atoms with van der Waals surface area (Å²) in [6.07, 6.45) is 1.54. The summed E-state index contributed by atoms with van der Waals surface area (Å²) in [4.78, 5) is 25.0. The van der Waals surface area contributed by atoms with Crippen LogP contribution >= 0.6 is 0 Å². The smallest absolute Gasteiger partial charge is 0.221 e. The summed E-state index contributed by atoms with van der Waals surface area (Å²) in [5.41, 5.74) is 8.82. The quantitative estimate of drug-likeness (QED) is 0.630. The number of hydrogen-bond acceptors (Lipinski definition) is 7. The van der Waals surface area contributed by atoms with E-state index in [1.807, 2.05) is 18.2 Å². The molecule has 1 aromatic heterocycles. The van der Waals surface area contributed by atoms with Crippen LogP contribution in [0.4, 0.5) is 21.8 Å². The predicted octanol–water partition coefficient (Wildman–Crippen LogP) is 2.76. The second kappa shape index (κ2) is 7.07. The molecule has 8 heteroatoms. The van der Waals surface area contributed by atoms with E-state index in [0.717, 1.165) is 22.9 Å². The Kier molecular flexibility index (Phi) is 4.44. The number of benzene rings is 2. The molecule has 0 bridgehead atoms. The Morgan fingerprint density at radius 1 is 1.21 bits per heavy atom. The number of nitrogens with two attached hydrogens (primary N) is 1. The zero-order chi connectivity index (χ0) is 19.7. The van der Waals surface area contributed by atoms with Crippen molar-refractivity contribution in [2.45, 2.75) is 13.0 Å². The zero-order valence-corrected chi connectivity index (χ0v) is 14.7. The summed E-state index contributed by atoms with van der Waals surface area (Å²) < 4.78 is 13.5. The largest absolute Gasteiger partial charge is 0.505 e. The monoisotopic (exact) mass is 377 g/mol. The van der Waals surface area contributed by atoms with Gasteiger partial charge in [0.15, 0.2) is 17.3 Å². The molecule has 0 saturated carbocycles. The van der Waals surface area contributed by atoms with Crippen molar-refractivity contribution in [3.05, 3.63) is 71.2 Å². The number of rotatable bonds is 5. The van der Waals surface area contributed by atoms with E-state index in [0.29, 0.717) is 23.6 Å². The molecular weight excluding hydrogens is 361 g/mol. The lowest BCUT2D eigenvalue weighted by molar-refractivity contribution is -0.112. The van der Waals surface area contributed by atoms with E-state index in [4.69, 9.17) is 5.73 Å². The van der Waals surface area contributed by atoms with E-state index in [2.05, 4.69) is 20.3 Å². The van der Waals surface area contributed by atoms with Crippen molar-refractivity contribution in [3.63, 3.8) is 0 Å². The molecule has 3 aromatic rings. The number of ketones is 1. The van der Waals surface area contributed by atoms with E-state index in [1.165, 1.54) is 12.1 Å². The van der Waals surface area contributed by atoms with Gasteiger partial charge in [-0.25, -0.2) is 9.37 Å². The number of fused-ring (bicyclic) bond motifs is 1. The maximum Gasteiger partial charge on any atom is 0.221 e. The molecule has 0 saturated heterocycles. The lowest BCUT2D eigenvalue weighted by Gasteiger charge is -2.09. The second-order valence-electron chi connectivity index (χ2n) is 6.35. The van der Waals surface area contributed by atoms with Gasteiger partial charge in [-0.15, -0.1) is 0 Å². The van der Waals surface area contributed by atoms with Crippen molar-refractivity contribution in [2.75, 3.05) is 11.1 Å². The van der Waals surface area contributed by atoms with Crippen molar-refractivity contribution in [1.29, 1.82) is 0 Å². The molecule has 2 aromatic carbocycles. The Morgan fingerprint density at radius 2 is 2.07 bits per heavy atom. The highest BCUT2D eigenvalue weighted by Gasteiger charge is 2.23. The Bertz CT molecular complexity index is 1110. The van der Waals surface area contributed by atoms with Crippen molar-refractivity contribution in [3.8, 4) is 5.75 Å². The summed E-state index contributed by atoms with van der Waals surface area (Å²) in [5.74, 6) is -0.720. The molecule has 140 valence electrons. The van der Waals surface area contributed by atoms with E-state index in [9.17, 15) is 14.3 Å². The van der Waals surface area contributed by atoms with Gasteiger partial charge < -0.3 is 16.2 Å². The SMILES string of the molecule is Nc1nccc(Nc2ccc3c(c2)C(C(=O)Cc2ccc(O)c(F)c2)=NC3)n1. The first-order chi connectivity index (χ1) is 13.5. The molecule has 0 fully saturated rings. The van der Waals surface area contributed by atoms with Crippen LogP contribution in [0.25, 0.3) is 0 Å². The van der Waals surface area contributed by atoms with E-state index < -0.39 is 11.6 Å². The molecule has 0 spiro atoms. The third kappa shape index (κ3) is 3.52. The standard InChI is InChI=1S/C20H16FN5O2/c21-15-7-11(1-4-16(15)27)8-17(28)19-14-9-13(3-2-12(14)10-24-19)25-18-5-6-23-20(22)26-18/h1-7,9,27H,8,10H2,(H3,22,23,25,26). The summed E-state index contributed by atoms with van der Waals surface area (Å²) in [6, 6.07) is 11.2. The first kappa shape index (κ1) is 17.6. The molecule has 0 atom stereocenters. The maximum atomic E-state index is 13.5. The fourth-order valence-electron chi connectivity index (χ4n) is 3.02. The average molecular weight is 377 g/mol. The van der Waals surface area contributed by atoms with Crippen LogP contribution < -0.4 is 11.1 Å². The van der Waals surface area contributed by atoms with Gasteiger partial charge in [0.1, 0.15) is 11.5 Å². The molecule has 0 aliphatic carbocycles. The molecule has 4 rings (SSSR count). The molecule has 28 heavy (non-hydrogen) atoms. The zero-order valence-electron chi connectivity index (χ0n) is 14.7. The molecule has 4 N–H and O–H groups in total. The van der Waals surface area contributed by atoms with Gasteiger partial charge in [0.05, 0.1) is 6.54 Å². The lowest BCUT2D eigenvalue weighted by atomic mass is 9.98. The summed E-state index contributed by atoms with van der Waals surface area (Å²) >= 11 is 0.